The topological polar surface area (TPSA) is 85.2 Å². The first-order valence-electron chi connectivity index (χ1n) is 10.0. The van der Waals surface area contributed by atoms with Crippen LogP contribution in [0.1, 0.15) is 12.0 Å². The van der Waals surface area contributed by atoms with Crippen LogP contribution in [-0.4, -0.2) is 52.4 Å². The SMILES string of the molecule is Cc1ccccc1-c1nnc(SCC(=O)N(c2ccccc2)[C@H]2CCS(=O)(=O)C2)n1C. The Morgan fingerprint density at radius 3 is 2.52 bits per heavy atom. The van der Waals surface area contributed by atoms with E-state index in [1.807, 2.05) is 73.1 Å². The van der Waals surface area contributed by atoms with Crippen LogP contribution in [0.4, 0.5) is 5.69 Å². The molecule has 0 bridgehead atoms. The molecule has 0 saturated carbocycles. The van der Waals surface area contributed by atoms with Crippen LogP contribution < -0.4 is 4.90 Å². The highest BCUT2D eigenvalue weighted by atomic mass is 32.2. The first-order valence-corrected chi connectivity index (χ1v) is 12.8. The molecule has 0 aliphatic carbocycles. The molecule has 162 valence electrons. The van der Waals surface area contributed by atoms with Crippen LogP contribution in [0.5, 0.6) is 0 Å². The molecule has 3 aromatic rings. The number of hydrogen-bond acceptors (Lipinski definition) is 6. The van der Waals surface area contributed by atoms with Crippen molar-refractivity contribution in [2.45, 2.75) is 24.5 Å². The number of amides is 1. The van der Waals surface area contributed by atoms with Crippen LogP contribution in [0.3, 0.4) is 0 Å². The van der Waals surface area contributed by atoms with E-state index >= 15 is 0 Å². The highest BCUT2D eigenvalue weighted by molar-refractivity contribution is 7.99. The fourth-order valence-corrected chi connectivity index (χ4v) is 6.29. The Morgan fingerprint density at radius 2 is 1.84 bits per heavy atom. The number of para-hydroxylation sites is 1. The van der Waals surface area contributed by atoms with Crippen LogP contribution in [0, 0.1) is 6.92 Å². The minimum atomic E-state index is -3.11. The van der Waals surface area contributed by atoms with Gasteiger partial charge in [-0.05, 0) is 31.0 Å². The van der Waals surface area contributed by atoms with Crippen molar-refractivity contribution < 1.29 is 13.2 Å². The van der Waals surface area contributed by atoms with Gasteiger partial charge in [-0.25, -0.2) is 8.42 Å². The molecule has 1 atom stereocenters. The smallest absolute Gasteiger partial charge is 0.237 e. The Balaban J connectivity index is 1.53. The molecule has 0 spiro atoms. The summed E-state index contributed by atoms with van der Waals surface area (Å²) in [6.45, 7) is 2.02. The molecular formula is C22H24N4O3S2. The molecule has 0 radical (unpaired) electrons. The fourth-order valence-electron chi connectivity index (χ4n) is 3.82. The summed E-state index contributed by atoms with van der Waals surface area (Å²) in [5, 5.41) is 9.22. The molecule has 1 aliphatic rings. The van der Waals surface area contributed by atoms with Gasteiger partial charge >= 0.3 is 0 Å². The highest BCUT2D eigenvalue weighted by Crippen LogP contribution is 2.28. The van der Waals surface area contributed by atoms with Crippen LogP contribution in [-0.2, 0) is 21.7 Å². The van der Waals surface area contributed by atoms with E-state index in [4.69, 9.17) is 0 Å². The number of nitrogens with zero attached hydrogens (tertiary/aromatic N) is 4. The van der Waals surface area contributed by atoms with Crippen molar-refractivity contribution >= 4 is 33.2 Å². The number of sulfone groups is 1. The van der Waals surface area contributed by atoms with Gasteiger partial charge in [-0.2, -0.15) is 0 Å². The Bertz CT molecular complexity index is 1190. The monoisotopic (exact) mass is 456 g/mol. The first-order chi connectivity index (χ1) is 14.9. The van der Waals surface area contributed by atoms with E-state index in [9.17, 15) is 13.2 Å². The second-order valence-electron chi connectivity index (χ2n) is 7.62. The lowest BCUT2D eigenvalue weighted by molar-refractivity contribution is -0.116. The molecule has 9 heteroatoms. The third-order valence-electron chi connectivity index (χ3n) is 5.42. The second kappa shape index (κ2) is 8.84. The number of thioether (sulfide) groups is 1. The lowest BCUT2D eigenvalue weighted by Gasteiger charge is -2.28. The predicted molar refractivity (Wildman–Crippen MR) is 123 cm³/mol. The second-order valence-corrected chi connectivity index (χ2v) is 10.8. The van der Waals surface area contributed by atoms with Crippen LogP contribution >= 0.6 is 11.8 Å². The van der Waals surface area contributed by atoms with Crippen molar-refractivity contribution in [1.29, 1.82) is 0 Å². The Morgan fingerprint density at radius 1 is 1.13 bits per heavy atom. The van der Waals surface area contributed by atoms with Crippen molar-refractivity contribution in [3.63, 3.8) is 0 Å². The third kappa shape index (κ3) is 4.67. The standard InChI is InChI=1S/C22H24N4O3S2/c1-16-8-6-7-11-19(16)21-23-24-22(25(21)2)30-14-20(27)26(17-9-4-3-5-10-17)18-12-13-31(28,29)15-18/h3-11,18H,12-15H2,1-2H3/t18-/m0/s1. The van der Waals surface area contributed by atoms with Crippen molar-refractivity contribution in [3.05, 3.63) is 60.2 Å². The van der Waals surface area contributed by atoms with Gasteiger partial charge in [-0.3, -0.25) is 4.79 Å². The van der Waals surface area contributed by atoms with Gasteiger partial charge < -0.3 is 9.47 Å². The molecule has 1 amide bonds. The van der Waals surface area contributed by atoms with Crippen molar-refractivity contribution in [2.24, 2.45) is 7.05 Å². The average Bonchev–Trinajstić information content (AvgIpc) is 3.29. The lowest BCUT2D eigenvalue weighted by Crippen LogP contribution is -2.42. The summed E-state index contributed by atoms with van der Waals surface area (Å²) in [7, 11) is -1.23. The summed E-state index contributed by atoms with van der Waals surface area (Å²) in [6, 6.07) is 16.9. The molecule has 31 heavy (non-hydrogen) atoms. The van der Waals surface area contributed by atoms with Crippen LogP contribution in [0.15, 0.2) is 59.8 Å². The van der Waals surface area contributed by atoms with Gasteiger partial charge in [0.05, 0.1) is 23.3 Å². The quantitative estimate of drug-likeness (QED) is 0.530. The van der Waals surface area contributed by atoms with Crippen molar-refractivity contribution in [1.82, 2.24) is 14.8 Å². The predicted octanol–water partition coefficient (Wildman–Crippen LogP) is 3.10. The average molecular weight is 457 g/mol. The first kappa shape index (κ1) is 21.6. The number of benzene rings is 2. The Hall–Kier alpha value is -2.65. The molecule has 1 aliphatic heterocycles. The zero-order chi connectivity index (χ0) is 22.0. The molecular weight excluding hydrogens is 432 g/mol. The molecule has 1 aromatic heterocycles. The van der Waals surface area contributed by atoms with E-state index in [0.29, 0.717) is 17.3 Å². The lowest BCUT2D eigenvalue weighted by atomic mass is 10.1. The molecule has 2 aromatic carbocycles. The zero-order valence-corrected chi connectivity index (χ0v) is 19.1. The van der Waals surface area contributed by atoms with E-state index in [-0.39, 0.29) is 29.2 Å². The molecule has 2 heterocycles. The number of rotatable bonds is 6. The maximum absolute atomic E-state index is 13.2. The number of aryl methyl sites for hydroxylation is 1. The number of anilines is 1. The van der Waals surface area contributed by atoms with Crippen molar-refractivity contribution in [3.8, 4) is 11.4 Å². The number of carbonyl (C=O) groups is 1. The highest BCUT2D eigenvalue weighted by Gasteiger charge is 2.35. The van der Waals surface area contributed by atoms with Gasteiger partial charge in [0.15, 0.2) is 20.8 Å². The fraction of sp³-hybridized carbons (Fsp3) is 0.318. The molecule has 4 rings (SSSR count). The third-order valence-corrected chi connectivity index (χ3v) is 8.18. The molecule has 0 unspecified atom stereocenters. The van der Waals surface area contributed by atoms with E-state index in [1.165, 1.54) is 11.8 Å². The number of hydrogen-bond donors (Lipinski definition) is 0. The normalized spacial score (nSPS) is 17.5. The Labute approximate surface area is 186 Å². The molecule has 7 nitrogen and oxygen atoms in total. The summed E-state index contributed by atoms with van der Waals surface area (Å²) in [5.41, 5.74) is 2.81. The van der Waals surface area contributed by atoms with Gasteiger partial charge in [-0.1, -0.05) is 54.2 Å². The summed E-state index contributed by atoms with van der Waals surface area (Å²) >= 11 is 1.31. The van der Waals surface area contributed by atoms with E-state index < -0.39 is 9.84 Å². The minimum absolute atomic E-state index is 0.000304. The molecule has 0 N–H and O–H groups in total. The van der Waals surface area contributed by atoms with Crippen LogP contribution in [0.25, 0.3) is 11.4 Å². The maximum Gasteiger partial charge on any atom is 0.237 e. The molecule has 1 saturated heterocycles. The maximum atomic E-state index is 13.2. The van der Waals surface area contributed by atoms with Crippen LogP contribution in [0.2, 0.25) is 0 Å². The summed E-state index contributed by atoms with van der Waals surface area (Å²) in [4.78, 5) is 14.8. The summed E-state index contributed by atoms with van der Waals surface area (Å²) in [6.07, 6.45) is 0.453. The van der Waals surface area contributed by atoms with Gasteiger partial charge in [0.2, 0.25) is 5.91 Å². The largest absolute Gasteiger partial charge is 0.308 e. The summed E-state index contributed by atoms with van der Waals surface area (Å²) < 4.78 is 25.9. The number of aromatic nitrogens is 3. The van der Waals surface area contributed by atoms with Gasteiger partial charge in [0.1, 0.15) is 0 Å². The molecule has 1 fully saturated rings. The van der Waals surface area contributed by atoms with E-state index in [2.05, 4.69) is 10.2 Å². The van der Waals surface area contributed by atoms with E-state index in [0.717, 1.165) is 17.0 Å². The number of carbonyl (C=O) groups excluding carboxylic acids is 1. The van der Waals surface area contributed by atoms with E-state index in [1.54, 1.807) is 4.90 Å². The van der Waals surface area contributed by atoms with Gasteiger partial charge in [-0.15, -0.1) is 10.2 Å². The Kier molecular flexibility index (Phi) is 6.15. The zero-order valence-electron chi connectivity index (χ0n) is 17.4. The minimum Gasteiger partial charge on any atom is -0.308 e. The van der Waals surface area contributed by atoms with Gasteiger partial charge in [0, 0.05) is 18.3 Å². The van der Waals surface area contributed by atoms with Crippen molar-refractivity contribution in [2.75, 3.05) is 22.2 Å². The van der Waals surface area contributed by atoms with Gasteiger partial charge in [0.25, 0.3) is 0 Å². The summed E-state index contributed by atoms with van der Waals surface area (Å²) in [5.74, 6) is 0.864.